The van der Waals surface area contributed by atoms with Crippen LogP contribution in [0.25, 0.3) is 33.7 Å². The molecular formula is C19H14FN3O2. The summed E-state index contributed by atoms with van der Waals surface area (Å²) in [6, 6.07) is 11.6. The van der Waals surface area contributed by atoms with Crippen LogP contribution in [0.4, 0.5) is 4.39 Å². The van der Waals surface area contributed by atoms with E-state index in [1.54, 1.807) is 18.3 Å². The molecular weight excluding hydrogens is 321 g/mol. The SMILES string of the molecule is Cc1ccc2c(c1)c(=O)c(-c1nc(-c3cccc(F)c3)no1)cn2C. The Morgan fingerprint density at radius 1 is 1.16 bits per heavy atom. The molecule has 0 saturated heterocycles. The van der Waals surface area contributed by atoms with Gasteiger partial charge in [-0.25, -0.2) is 4.39 Å². The molecule has 0 fully saturated rings. The molecule has 0 aliphatic heterocycles. The number of halogens is 1. The van der Waals surface area contributed by atoms with Crippen LogP contribution in [0, 0.1) is 12.7 Å². The molecule has 0 aliphatic rings. The molecule has 0 bridgehead atoms. The molecule has 0 saturated carbocycles. The minimum absolute atomic E-state index is 0.114. The second-order valence-electron chi connectivity index (χ2n) is 5.94. The van der Waals surface area contributed by atoms with E-state index < -0.39 is 0 Å². The van der Waals surface area contributed by atoms with Crippen molar-refractivity contribution in [3.05, 3.63) is 70.3 Å². The van der Waals surface area contributed by atoms with E-state index in [-0.39, 0.29) is 23.0 Å². The van der Waals surface area contributed by atoms with Crippen LogP contribution in [0.5, 0.6) is 0 Å². The third kappa shape index (κ3) is 2.61. The Hall–Kier alpha value is -3.28. The molecule has 4 rings (SSSR count). The van der Waals surface area contributed by atoms with Gasteiger partial charge in [-0.1, -0.05) is 28.9 Å². The number of benzene rings is 2. The normalized spacial score (nSPS) is 11.2. The van der Waals surface area contributed by atoms with Crippen molar-refractivity contribution in [3.63, 3.8) is 0 Å². The monoisotopic (exact) mass is 335 g/mol. The maximum Gasteiger partial charge on any atom is 0.263 e. The lowest BCUT2D eigenvalue weighted by Crippen LogP contribution is -2.10. The molecule has 0 N–H and O–H groups in total. The van der Waals surface area contributed by atoms with Crippen molar-refractivity contribution in [2.75, 3.05) is 0 Å². The largest absolute Gasteiger partial charge is 0.350 e. The molecule has 2 aromatic carbocycles. The first-order valence-electron chi connectivity index (χ1n) is 7.73. The minimum atomic E-state index is -0.388. The van der Waals surface area contributed by atoms with Crippen molar-refractivity contribution in [2.24, 2.45) is 7.05 Å². The quantitative estimate of drug-likeness (QED) is 0.560. The fourth-order valence-electron chi connectivity index (χ4n) is 2.84. The average molecular weight is 335 g/mol. The van der Waals surface area contributed by atoms with Gasteiger partial charge in [-0.3, -0.25) is 4.79 Å². The maximum atomic E-state index is 13.4. The van der Waals surface area contributed by atoms with Gasteiger partial charge >= 0.3 is 0 Å². The first-order valence-corrected chi connectivity index (χ1v) is 7.73. The number of aromatic nitrogens is 3. The Kier molecular flexibility index (Phi) is 3.46. The smallest absolute Gasteiger partial charge is 0.263 e. The fourth-order valence-corrected chi connectivity index (χ4v) is 2.84. The van der Waals surface area contributed by atoms with Gasteiger partial charge in [0, 0.05) is 24.2 Å². The summed E-state index contributed by atoms with van der Waals surface area (Å²) >= 11 is 0. The minimum Gasteiger partial charge on any atom is -0.350 e. The summed E-state index contributed by atoms with van der Waals surface area (Å²) in [5, 5.41) is 4.46. The number of rotatable bonds is 2. The zero-order valence-corrected chi connectivity index (χ0v) is 13.7. The summed E-state index contributed by atoms with van der Waals surface area (Å²) in [5.74, 6) is -0.0369. The molecule has 124 valence electrons. The van der Waals surface area contributed by atoms with Crippen molar-refractivity contribution in [3.8, 4) is 22.8 Å². The van der Waals surface area contributed by atoms with E-state index in [2.05, 4.69) is 10.1 Å². The lowest BCUT2D eigenvalue weighted by atomic mass is 10.1. The standard InChI is InChI=1S/C19H14FN3O2/c1-11-6-7-16-14(8-11)17(24)15(10-23(16)2)19-21-18(22-25-19)12-4-3-5-13(20)9-12/h3-10H,1-2H3. The first-order chi connectivity index (χ1) is 12.0. The molecule has 0 amide bonds. The molecule has 2 heterocycles. The molecule has 2 aromatic heterocycles. The predicted molar refractivity (Wildman–Crippen MR) is 92.6 cm³/mol. The molecule has 25 heavy (non-hydrogen) atoms. The Morgan fingerprint density at radius 3 is 2.80 bits per heavy atom. The summed E-state index contributed by atoms with van der Waals surface area (Å²) in [4.78, 5) is 17.1. The summed E-state index contributed by atoms with van der Waals surface area (Å²) < 4.78 is 20.5. The molecule has 0 radical (unpaired) electrons. The highest BCUT2D eigenvalue weighted by Gasteiger charge is 2.16. The molecule has 0 atom stereocenters. The lowest BCUT2D eigenvalue weighted by molar-refractivity contribution is 0.431. The summed E-state index contributed by atoms with van der Waals surface area (Å²) in [6.45, 7) is 1.93. The number of fused-ring (bicyclic) bond motifs is 1. The van der Waals surface area contributed by atoms with Gasteiger partial charge < -0.3 is 9.09 Å². The average Bonchev–Trinajstić information content (AvgIpc) is 3.08. The zero-order valence-electron chi connectivity index (χ0n) is 13.7. The van der Waals surface area contributed by atoms with Gasteiger partial charge in [0.25, 0.3) is 5.89 Å². The van der Waals surface area contributed by atoms with Gasteiger partial charge in [-0.05, 0) is 31.2 Å². The Bertz CT molecular complexity index is 1160. The van der Waals surface area contributed by atoms with E-state index >= 15 is 0 Å². The van der Waals surface area contributed by atoms with Gasteiger partial charge in [0.05, 0.1) is 5.52 Å². The van der Waals surface area contributed by atoms with Gasteiger partial charge in [-0.15, -0.1) is 0 Å². The van der Waals surface area contributed by atoms with Gasteiger partial charge in [0.15, 0.2) is 0 Å². The molecule has 0 spiro atoms. The van der Waals surface area contributed by atoms with E-state index in [1.165, 1.54) is 12.1 Å². The Balaban J connectivity index is 1.88. The lowest BCUT2D eigenvalue weighted by Gasteiger charge is -2.07. The maximum absolute atomic E-state index is 13.4. The molecule has 5 nitrogen and oxygen atoms in total. The number of aryl methyl sites for hydroxylation is 2. The van der Waals surface area contributed by atoms with E-state index in [0.717, 1.165) is 11.1 Å². The molecule has 0 aliphatic carbocycles. The third-order valence-electron chi connectivity index (χ3n) is 4.08. The van der Waals surface area contributed by atoms with Crippen molar-refractivity contribution in [1.82, 2.24) is 14.7 Å². The van der Waals surface area contributed by atoms with Crippen LogP contribution >= 0.6 is 0 Å². The van der Waals surface area contributed by atoms with Crippen molar-refractivity contribution in [2.45, 2.75) is 6.92 Å². The highest BCUT2D eigenvalue weighted by molar-refractivity contribution is 5.83. The topological polar surface area (TPSA) is 60.9 Å². The third-order valence-corrected chi connectivity index (χ3v) is 4.08. The number of hydrogen-bond acceptors (Lipinski definition) is 4. The summed E-state index contributed by atoms with van der Waals surface area (Å²) in [5.41, 5.74) is 2.45. The highest BCUT2D eigenvalue weighted by Crippen LogP contribution is 2.22. The number of nitrogens with zero attached hydrogens (tertiary/aromatic N) is 3. The Labute approximate surface area is 142 Å². The van der Waals surface area contributed by atoms with Gasteiger partial charge in [0.2, 0.25) is 11.3 Å². The van der Waals surface area contributed by atoms with E-state index in [9.17, 15) is 9.18 Å². The molecule has 0 unspecified atom stereocenters. The van der Waals surface area contributed by atoms with Crippen LogP contribution < -0.4 is 5.43 Å². The van der Waals surface area contributed by atoms with Crippen LogP contribution in [0.1, 0.15) is 5.56 Å². The van der Waals surface area contributed by atoms with Crippen LogP contribution in [-0.4, -0.2) is 14.7 Å². The van der Waals surface area contributed by atoms with E-state index in [0.29, 0.717) is 16.5 Å². The van der Waals surface area contributed by atoms with Crippen LogP contribution in [-0.2, 0) is 7.05 Å². The number of pyridine rings is 1. The van der Waals surface area contributed by atoms with Crippen molar-refractivity contribution >= 4 is 10.9 Å². The fraction of sp³-hybridized carbons (Fsp3) is 0.105. The first kappa shape index (κ1) is 15.3. The van der Waals surface area contributed by atoms with Crippen LogP contribution in [0.3, 0.4) is 0 Å². The predicted octanol–water partition coefficient (Wildman–Crippen LogP) is 3.70. The van der Waals surface area contributed by atoms with Crippen molar-refractivity contribution in [1.29, 1.82) is 0 Å². The van der Waals surface area contributed by atoms with E-state index in [4.69, 9.17) is 4.52 Å². The molecule has 6 heteroatoms. The van der Waals surface area contributed by atoms with E-state index in [1.807, 2.05) is 36.7 Å². The number of hydrogen-bond donors (Lipinski definition) is 0. The summed E-state index contributed by atoms with van der Waals surface area (Å²) in [6.07, 6.45) is 1.67. The summed E-state index contributed by atoms with van der Waals surface area (Å²) in [7, 11) is 1.85. The zero-order chi connectivity index (χ0) is 17.6. The van der Waals surface area contributed by atoms with Gasteiger partial charge in [0.1, 0.15) is 11.4 Å². The van der Waals surface area contributed by atoms with Crippen LogP contribution in [0.15, 0.2) is 58.0 Å². The Morgan fingerprint density at radius 2 is 2.00 bits per heavy atom. The van der Waals surface area contributed by atoms with Crippen LogP contribution in [0.2, 0.25) is 0 Å². The highest BCUT2D eigenvalue weighted by atomic mass is 19.1. The molecule has 4 aromatic rings. The van der Waals surface area contributed by atoms with Gasteiger partial charge in [-0.2, -0.15) is 4.98 Å². The second-order valence-corrected chi connectivity index (χ2v) is 5.94. The van der Waals surface area contributed by atoms with Crippen molar-refractivity contribution < 1.29 is 8.91 Å². The second kappa shape index (κ2) is 5.66.